The highest BCUT2D eigenvalue weighted by atomic mass is 32.2. The summed E-state index contributed by atoms with van der Waals surface area (Å²) in [6, 6.07) is -0.0250. The molecule has 2 heterocycles. The molecule has 5 nitrogen and oxygen atoms in total. The Hall–Kier alpha value is -2.15. The average Bonchev–Trinajstić information content (AvgIpc) is 3.02. The Bertz CT molecular complexity index is 694. The zero-order valence-electron chi connectivity index (χ0n) is 15.2. The van der Waals surface area contributed by atoms with Gasteiger partial charge in [-0.25, -0.2) is 4.39 Å². The second-order valence-corrected chi connectivity index (χ2v) is 7.20. The fourth-order valence-corrected chi connectivity index (χ4v) is 3.51. The smallest absolute Gasteiger partial charge is 0.207 e. The van der Waals surface area contributed by atoms with E-state index in [0.717, 1.165) is 22.0 Å². The average molecular weight is 377 g/mol. The molecular weight excluding hydrogens is 351 g/mol. The molecule has 2 rings (SSSR count). The number of thioether (sulfide) groups is 1. The Morgan fingerprint density at radius 2 is 2.38 bits per heavy atom. The van der Waals surface area contributed by atoms with Crippen molar-refractivity contribution in [1.29, 1.82) is 5.41 Å². The van der Waals surface area contributed by atoms with Crippen molar-refractivity contribution in [2.24, 2.45) is 4.99 Å². The van der Waals surface area contributed by atoms with Crippen LogP contribution in [0.15, 0.2) is 51.4 Å². The van der Waals surface area contributed by atoms with Gasteiger partial charge in [0.1, 0.15) is 12.0 Å². The zero-order chi connectivity index (χ0) is 19.1. The number of aliphatic imine (C=N–C) groups is 1. The van der Waals surface area contributed by atoms with Crippen molar-refractivity contribution in [3.63, 3.8) is 0 Å². The molecule has 0 aromatic carbocycles. The maximum atomic E-state index is 13.0. The first kappa shape index (κ1) is 20.2. The molecule has 0 saturated carbocycles. The van der Waals surface area contributed by atoms with E-state index in [1.165, 1.54) is 18.7 Å². The molecule has 2 atom stereocenters. The van der Waals surface area contributed by atoms with Crippen LogP contribution in [0.25, 0.3) is 0 Å². The van der Waals surface area contributed by atoms with Crippen LogP contribution in [0.5, 0.6) is 0 Å². The number of amides is 1. The van der Waals surface area contributed by atoms with Gasteiger partial charge < -0.3 is 15.6 Å². The largest absolute Gasteiger partial charge is 0.354 e. The highest BCUT2D eigenvalue weighted by molar-refractivity contribution is 8.06. The molecule has 0 aromatic rings. The van der Waals surface area contributed by atoms with Crippen LogP contribution in [0.4, 0.5) is 4.39 Å². The Labute approximate surface area is 158 Å². The number of amidine groups is 1. The van der Waals surface area contributed by atoms with E-state index in [4.69, 9.17) is 5.41 Å². The first-order valence-electron chi connectivity index (χ1n) is 8.58. The van der Waals surface area contributed by atoms with Gasteiger partial charge in [-0.3, -0.25) is 9.79 Å². The lowest BCUT2D eigenvalue weighted by Gasteiger charge is -2.29. The normalized spacial score (nSPS) is 21.1. The number of rotatable bonds is 9. The number of alkyl halides is 1. The van der Waals surface area contributed by atoms with Crippen LogP contribution in [-0.2, 0) is 4.79 Å². The summed E-state index contributed by atoms with van der Waals surface area (Å²) in [5.41, 5.74) is 2.14. The predicted molar refractivity (Wildman–Crippen MR) is 107 cm³/mol. The molecule has 2 N–H and O–H groups in total. The van der Waals surface area contributed by atoms with Gasteiger partial charge in [-0.05, 0) is 31.8 Å². The first-order valence-corrected chi connectivity index (χ1v) is 9.46. The third kappa shape index (κ3) is 4.94. The van der Waals surface area contributed by atoms with Gasteiger partial charge in [-0.15, -0.1) is 0 Å². The minimum absolute atomic E-state index is 0.0250. The van der Waals surface area contributed by atoms with Crippen molar-refractivity contribution in [3.05, 3.63) is 46.4 Å². The van der Waals surface area contributed by atoms with Gasteiger partial charge in [-0.1, -0.05) is 30.5 Å². The molecule has 1 amide bonds. The standard InChI is InChI=1S/C19H25FN4OS/c1-4-8-26-14(3)19-22-10-16(17(21)7-5-6-13(2)20)18-9-15(23-12-25)11-24(18)19/h4-5,7-8,12-13,15,21H,3,6,9-11H2,1-2H3,(H,23,25)/b7-5-,8-4-,21-17?. The topological polar surface area (TPSA) is 68.5 Å². The number of hydrogen-bond donors (Lipinski definition) is 2. The first-order chi connectivity index (χ1) is 12.5. The fourth-order valence-electron chi connectivity index (χ4n) is 2.93. The van der Waals surface area contributed by atoms with Gasteiger partial charge in [-0.2, -0.15) is 0 Å². The van der Waals surface area contributed by atoms with Crippen LogP contribution < -0.4 is 5.32 Å². The second-order valence-electron chi connectivity index (χ2n) is 6.20. The lowest BCUT2D eigenvalue weighted by molar-refractivity contribution is -0.110. The van der Waals surface area contributed by atoms with Gasteiger partial charge in [0, 0.05) is 29.1 Å². The van der Waals surface area contributed by atoms with E-state index in [1.807, 2.05) is 23.3 Å². The third-order valence-electron chi connectivity index (χ3n) is 4.13. The molecule has 0 aromatic heterocycles. The summed E-state index contributed by atoms with van der Waals surface area (Å²) < 4.78 is 13.0. The molecular formula is C19H25FN4OS. The van der Waals surface area contributed by atoms with Crippen molar-refractivity contribution < 1.29 is 9.18 Å². The van der Waals surface area contributed by atoms with Gasteiger partial charge in [0.25, 0.3) is 0 Å². The van der Waals surface area contributed by atoms with Crippen molar-refractivity contribution in [1.82, 2.24) is 10.2 Å². The summed E-state index contributed by atoms with van der Waals surface area (Å²) in [7, 11) is 0. The van der Waals surface area contributed by atoms with Crippen LogP contribution >= 0.6 is 11.8 Å². The lowest BCUT2D eigenvalue weighted by Crippen LogP contribution is -2.36. The summed E-state index contributed by atoms with van der Waals surface area (Å²) in [5, 5.41) is 13.1. The number of nitrogens with one attached hydrogen (secondary N) is 2. The summed E-state index contributed by atoms with van der Waals surface area (Å²) >= 11 is 1.50. The van der Waals surface area contributed by atoms with Gasteiger partial charge in [0.05, 0.1) is 18.3 Å². The summed E-state index contributed by atoms with van der Waals surface area (Å²) in [6.45, 7) is 8.53. The minimum Gasteiger partial charge on any atom is -0.354 e. The fraction of sp³-hybridized carbons (Fsp3) is 0.421. The van der Waals surface area contributed by atoms with Gasteiger partial charge >= 0.3 is 0 Å². The predicted octanol–water partition coefficient (Wildman–Crippen LogP) is 3.58. The highest BCUT2D eigenvalue weighted by Gasteiger charge is 2.35. The molecule has 2 aliphatic heterocycles. The molecule has 0 aliphatic carbocycles. The Morgan fingerprint density at radius 3 is 3.04 bits per heavy atom. The van der Waals surface area contributed by atoms with Crippen LogP contribution in [-0.4, -0.2) is 48.2 Å². The van der Waals surface area contributed by atoms with E-state index < -0.39 is 6.17 Å². The number of nitrogens with zero attached hydrogens (tertiary/aromatic N) is 2. The SMILES string of the molecule is C=C(S/C=C\C)C1=NCC(C(=N)/C=C\CC(C)F)=C2CC(NC=O)CN12. The van der Waals surface area contributed by atoms with Gasteiger partial charge in [0.2, 0.25) is 6.41 Å². The zero-order valence-corrected chi connectivity index (χ0v) is 16.0. The van der Waals surface area contributed by atoms with E-state index in [9.17, 15) is 9.18 Å². The molecule has 26 heavy (non-hydrogen) atoms. The highest BCUT2D eigenvalue weighted by Crippen LogP contribution is 2.33. The Balaban J connectivity index is 2.25. The maximum Gasteiger partial charge on any atom is 0.207 e. The number of carbonyl (C=O) groups is 1. The van der Waals surface area contributed by atoms with Crippen LogP contribution in [0.2, 0.25) is 0 Å². The Kier molecular flexibility index (Phi) is 7.38. The summed E-state index contributed by atoms with van der Waals surface area (Å²) in [4.78, 5) is 18.4. The van der Waals surface area contributed by atoms with Crippen molar-refractivity contribution in [2.75, 3.05) is 13.1 Å². The molecule has 7 heteroatoms. The number of carbonyl (C=O) groups excluding carboxylic acids is 1. The molecule has 1 fully saturated rings. The van der Waals surface area contributed by atoms with Crippen molar-refractivity contribution in [3.8, 4) is 0 Å². The molecule has 1 saturated heterocycles. The van der Waals surface area contributed by atoms with Gasteiger partial charge in [0.15, 0.2) is 0 Å². The van der Waals surface area contributed by atoms with E-state index >= 15 is 0 Å². The monoisotopic (exact) mass is 376 g/mol. The number of hydrogen-bond acceptors (Lipinski definition) is 5. The van der Waals surface area contributed by atoms with Crippen LogP contribution in [0, 0.1) is 5.41 Å². The molecule has 0 radical (unpaired) electrons. The number of halogens is 1. The van der Waals surface area contributed by atoms with Crippen molar-refractivity contribution in [2.45, 2.75) is 38.9 Å². The number of fused-ring (bicyclic) bond motifs is 1. The summed E-state index contributed by atoms with van der Waals surface area (Å²) in [5.74, 6) is 0.788. The molecule has 2 unspecified atom stereocenters. The van der Waals surface area contributed by atoms with E-state index in [-0.39, 0.29) is 12.5 Å². The van der Waals surface area contributed by atoms with Crippen LogP contribution in [0.3, 0.4) is 0 Å². The maximum absolute atomic E-state index is 13.0. The van der Waals surface area contributed by atoms with E-state index in [1.54, 1.807) is 12.2 Å². The molecule has 0 spiro atoms. The third-order valence-corrected chi connectivity index (χ3v) is 5.00. The molecule has 140 valence electrons. The van der Waals surface area contributed by atoms with Crippen LogP contribution in [0.1, 0.15) is 26.7 Å². The molecule has 2 aliphatic rings. The number of allylic oxidation sites excluding steroid dienone is 3. The molecule has 0 bridgehead atoms. The minimum atomic E-state index is -0.927. The quantitative estimate of drug-likeness (QED) is 0.477. The van der Waals surface area contributed by atoms with E-state index in [2.05, 4.69) is 16.9 Å². The second kappa shape index (κ2) is 9.52. The summed E-state index contributed by atoms with van der Waals surface area (Å²) in [6.07, 6.45) is 5.97. The Morgan fingerprint density at radius 1 is 1.62 bits per heavy atom. The lowest BCUT2D eigenvalue weighted by atomic mass is 10.0. The van der Waals surface area contributed by atoms with Crippen molar-refractivity contribution >= 4 is 29.7 Å². The van der Waals surface area contributed by atoms with E-state index in [0.29, 0.717) is 31.6 Å².